The van der Waals surface area contributed by atoms with E-state index in [1.54, 1.807) is 12.4 Å². The summed E-state index contributed by atoms with van der Waals surface area (Å²) in [6.07, 6.45) is 4.47. The van der Waals surface area contributed by atoms with Gasteiger partial charge in [-0.25, -0.2) is 15.0 Å². The van der Waals surface area contributed by atoms with Gasteiger partial charge in [0.2, 0.25) is 5.95 Å². The van der Waals surface area contributed by atoms with Crippen molar-refractivity contribution in [1.29, 1.82) is 0 Å². The molecule has 0 atom stereocenters. The topological polar surface area (TPSA) is 74.2 Å². The molecule has 9 heteroatoms. The Hall–Kier alpha value is -2.55. The van der Waals surface area contributed by atoms with Gasteiger partial charge in [-0.05, 0) is 38.1 Å². The summed E-state index contributed by atoms with van der Waals surface area (Å²) in [7, 11) is 0. The summed E-state index contributed by atoms with van der Waals surface area (Å²) in [6.45, 7) is 7.26. The number of nitrogens with zero attached hydrogens (tertiary/aromatic N) is 5. The number of halogens is 1. The number of aryl methyl sites for hydroxylation is 1. The molecule has 31 heavy (non-hydrogen) atoms. The number of hydrogen-bond acceptors (Lipinski definition) is 7. The molecule has 1 N–H and O–H groups in total. The molecule has 0 aliphatic carbocycles. The van der Waals surface area contributed by atoms with Crippen LogP contribution in [0.3, 0.4) is 0 Å². The maximum absolute atomic E-state index is 12.6. The second kappa shape index (κ2) is 10.2. The Balaban J connectivity index is 1.21. The van der Waals surface area contributed by atoms with E-state index in [0.29, 0.717) is 16.4 Å². The van der Waals surface area contributed by atoms with Gasteiger partial charge in [-0.15, -0.1) is 11.3 Å². The molecule has 2 aromatic heterocycles. The SMILES string of the molecule is Cc1nc(-c2cccc(Cl)c2)sc1C(=O)NCCCN1CCN(c2ncccn2)CC1. The standard InChI is InChI=1S/C22H25ClN6OS/c1-16-19(31-21(27-16)17-5-2-6-18(23)15-17)20(30)24-9-4-10-28-11-13-29(14-12-28)22-25-7-3-8-26-22/h2-3,5-8,15H,4,9-14H2,1H3,(H,24,30). The van der Waals surface area contributed by atoms with Crippen molar-refractivity contribution in [3.8, 4) is 10.6 Å². The van der Waals surface area contributed by atoms with E-state index in [-0.39, 0.29) is 5.91 Å². The molecule has 1 aliphatic heterocycles. The Bertz CT molecular complexity index is 1020. The van der Waals surface area contributed by atoms with Gasteiger partial charge in [-0.3, -0.25) is 9.69 Å². The van der Waals surface area contributed by atoms with Crippen LogP contribution in [0.25, 0.3) is 10.6 Å². The Labute approximate surface area is 191 Å². The van der Waals surface area contributed by atoms with Gasteiger partial charge >= 0.3 is 0 Å². The fourth-order valence-electron chi connectivity index (χ4n) is 3.56. The molecule has 0 spiro atoms. The van der Waals surface area contributed by atoms with Gasteiger partial charge in [-0.2, -0.15) is 0 Å². The first kappa shape index (κ1) is 21.7. The predicted molar refractivity (Wildman–Crippen MR) is 125 cm³/mol. The monoisotopic (exact) mass is 456 g/mol. The molecule has 1 aromatic carbocycles. The number of nitrogens with one attached hydrogen (secondary N) is 1. The van der Waals surface area contributed by atoms with Crippen molar-refractivity contribution in [3.63, 3.8) is 0 Å². The van der Waals surface area contributed by atoms with E-state index in [0.717, 1.165) is 61.4 Å². The maximum atomic E-state index is 12.6. The van der Waals surface area contributed by atoms with Crippen LogP contribution in [-0.4, -0.2) is 65.0 Å². The third kappa shape index (κ3) is 5.58. The highest BCUT2D eigenvalue weighted by Gasteiger charge is 2.19. The molecule has 0 bridgehead atoms. The Kier molecular flexibility index (Phi) is 7.11. The van der Waals surface area contributed by atoms with Crippen molar-refractivity contribution in [2.45, 2.75) is 13.3 Å². The maximum Gasteiger partial charge on any atom is 0.263 e. The highest BCUT2D eigenvalue weighted by molar-refractivity contribution is 7.17. The summed E-state index contributed by atoms with van der Waals surface area (Å²) in [5, 5.41) is 4.51. The van der Waals surface area contributed by atoms with Crippen molar-refractivity contribution in [3.05, 3.63) is 58.3 Å². The van der Waals surface area contributed by atoms with Crippen LogP contribution in [0, 0.1) is 6.92 Å². The van der Waals surface area contributed by atoms with Gasteiger partial charge in [0.15, 0.2) is 0 Å². The van der Waals surface area contributed by atoms with E-state index in [1.165, 1.54) is 11.3 Å². The number of piperazine rings is 1. The van der Waals surface area contributed by atoms with Gasteiger partial charge in [0.05, 0.1) is 5.69 Å². The van der Waals surface area contributed by atoms with Crippen molar-refractivity contribution >= 4 is 34.8 Å². The third-order valence-electron chi connectivity index (χ3n) is 5.22. The fraction of sp³-hybridized carbons (Fsp3) is 0.364. The van der Waals surface area contributed by atoms with Crippen LogP contribution in [0.2, 0.25) is 5.02 Å². The highest BCUT2D eigenvalue weighted by Crippen LogP contribution is 2.29. The third-order valence-corrected chi connectivity index (χ3v) is 6.66. The van der Waals surface area contributed by atoms with Crippen molar-refractivity contribution < 1.29 is 4.79 Å². The van der Waals surface area contributed by atoms with E-state index in [1.807, 2.05) is 37.3 Å². The quantitative estimate of drug-likeness (QED) is 0.548. The predicted octanol–water partition coefficient (Wildman–Crippen LogP) is 3.50. The average molecular weight is 457 g/mol. The molecule has 0 saturated carbocycles. The number of carbonyl (C=O) groups is 1. The Morgan fingerprint density at radius 3 is 2.68 bits per heavy atom. The lowest BCUT2D eigenvalue weighted by Crippen LogP contribution is -2.47. The van der Waals surface area contributed by atoms with E-state index in [9.17, 15) is 4.79 Å². The zero-order valence-corrected chi connectivity index (χ0v) is 19.0. The summed E-state index contributed by atoms with van der Waals surface area (Å²) < 4.78 is 0. The van der Waals surface area contributed by atoms with Gasteiger partial charge in [-0.1, -0.05) is 23.7 Å². The summed E-state index contributed by atoms with van der Waals surface area (Å²) in [5.41, 5.74) is 1.68. The molecule has 162 valence electrons. The Morgan fingerprint density at radius 1 is 1.16 bits per heavy atom. The lowest BCUT2D eigenvalue weighted by atomic mass is 10.2. The number of hydrogen-bond donors (Lipinski definition) is 1. The largest absolute Gasteiger partial charge is 0.351 e. The zero-order chi connectivity index (χ0) is 21.6. The lowest BCUT2D eigenvalue weighted by Gasteiger charge is -2.34. The van der Waals surface area contributed by atoms with Crippen LogP contribution in [0.4, 0.5) is 5.95 Å². The van der Waals surface area contributed by atoms with Gasteiger partial charge in [0.25, 0.3) is 5.91 Å². The van der Waals surface area contributed by atoms with Crippen LogP contribution in [-0.2, 0) is 0 Å². The fourth-order valence-corrected chi connectivity index (χ4v) is 4.73. The van der Waals surface area contributed by atoms with Crippen molar-refractivity contribution in [1.82, 2.24) is 25.2 Å². The van der Waals surface area contributed by atoms with E-state index < -0.39 is 0 Å². The zero-order valence-electron chi connectivity index (χ0n) is 17.4. The molecule has 0 radical (unpaired) electrons. The van der Waals surface area contributed by atoms with Crippen LogP contribution < -0.4 is 10.2 Å². The summed E-state index contributed by atoms with van der Waals surface area (Å²) in [4.78, 5) is 31.1. The Morgan fingerprint density at radius 2 is 1.94 bits per heavy atom. The first-order valence-corrected chi connectivity index (χ1v) is 11.6. The van der Waals surface area contributed by atoms with Crippen LogP contribution in [0.5, 0.6) is 0 Å². The molecule has 1 aliphatic rings. The molecule has 3 aromatic rings. The lowest BCUT2D eigenvalue weighted by molar-refractivity contribution is 0.0954. The second-order valence-corrected chi connectivity index (χ2v) is 8.87. The number of rotatable bonds is 7. The summed E-state index contributed by atoms with van der Waals surface area (Å²) in [6, 6.07) is 9.37. The molecular weight excluding hydrogens is 432 g/mol. The number of amides is 1. The minimum atomic E-state index is -0.0608. The average Bonchev–Trinajstić information content (AvgIpc) is 3.19. The number of thiazole rings is 1. The molecule has 1 amide bonds. The summed E-state index contributed by atoms with van der Waals surface area (Å²) in [5.74, 6) is 0.737. The first-order chi connectivity index (χ1) is 15.1. The van der Waals surface area contributed by atoms with Crippen molar-refractivity contribution in [2.24, 2.45) is 0 Å². The van der Waals surface area contributed by atoms with Crippen LogP contribution in [0.1, 0.15) is 21.8 Å². The smallest absolute Gasteiger partial charge is 0.263 e. The number of anilines is 1. The molecule has 1 saturated heterocycles. The molecule has 7 nitrogen and oxygen atoms in total. The summed E-state index contributed by atoms with van der Waals surface area (Å²) >= 11 is 7.48. The normalized spacial score (nSPS) is 14.6. The number of carbonyl (C=O) groups excluding carboxylic acids is 1. The molecular formula is C22H25ClN6OS. The number of benzene rings is 1. The molecule has 3 heterocycles. The first-order valence-electron chi connectivity index (χ1n) is 10.4. The highest BCUT2D eigenvalue weighted by atomic mass is 35.5. The number of aromatic nitrogens is 3. The second-order valence-electron chi connectivity index (χ2n) is 7.43. The molecule has 4 rings (SSSR count). The van der Waals surface area contributed by atoms with Gasteiger partial charge in [0, 0.05) is 55.7 Å². The van der Waals surface area contributed by atoms with Gasteiger partial charge in [0.1, 0.15) is 9.88 Å². The van der Waals surface area contributed by atoms with Crippen LogP contribution in [0.15, 0.2) is 42.7 Å². The minimum absolute atomic E-state index is 0.0608. The van der Waals surface area contributed by atoms with E-state index in [4.69, 9.17) is 11.6 Å². The van der Waals surface area contributed by atoms with E-state index >= 15 is 0 Å². The van der Waals surface area contributed by atoms with Crippen molar-refractivity contribution in [2.75, 3.05) is 44.2 Å². The molecule has 0 unspecified atom stereocenters. The molecule has 1 fully saturated rings. The minimum Gasteiger partial charge on any atom is -0.351 e. The van der Waals surface area contributed by atoms with E-state index in [2.05, 4.69) is 30.1 Å². The van der Waals surface area contributed by atoms with Crippen LogP contribution >= 0.6 is 22.9 Å². The van der Waals surface area contributed by atoms with Gasteiger partial charge < -0.3 is 10.2 Å².